The van der Waals surface area contributed by atoms with E-state index in [-0.39, 0.29) is 11.5 Å². The predicted molar refractivity (Wildman–Crippen MR) is 95.4 cm³/mol. The van der Waals surface area contributed by atoms with Crippen LogP contribution in [0.2, 0.25) is 0 Å². The number of rotatable bonds is 3. The summed E-state index contributed by atoms with van der Waals surface area (Å²) in [4.78, 5) is 27.2. The lowest BCUT2D eigenvalue weighted by Crippen LogP contribution is -2.35. The van der Waals surface area contributed by atoms with Gasteiger partial charge in [-0.3, -0.25) is 4.79 Å². The number of ether oxygens (including phenoxy) is 1. The molecule has 0 aromatic heterocycles. The molecule has 3 rings (SSSR count). The zero-order valence-electron chi connectivity index (χ0n) is 13.8. The molecule has 130 valence electrons. The number of thioether (sulfide) groups is 1. The lowest BCUT2D eigenvalue weighted by Gasteiger charge is -2.22. The fourth-order valence-electron chi connectivity index (χ4n) is 2.66. The van der Waals surface area contributed by atoms with Crippen molar-refractivity contribution in [1.82, 2.24) is 0 Å². The standard InChI is InChI=1S/C19H18FNO3S/c1-13-10-11-21(16-8-4-5-9-17(16)25-13)18(22)12-24-19(23)14-6-2-3-7-15(14)20/h2-9,13H,10-12H2,1H3/t13-/m0/s1. The van der Waals surface area contributed by atoms with E-state index < -0.39 is 18.4 Å². The van der Waals surface area contributed by atoms with Crippen LogP contribution in [0.25, 0.3) is 0 Å². The minimum atomic E-state index is -0.836. The fourth-order valence-corrected chi connectivity index (χ4v) is 3.77. The smallest absolute Gasteiger partial charge is 0.341 e. The molecule has 0 saturated heterocycles. The van der Waals surface area contributed by atoms with Crippen LogP contribution in [-0.4, -0.2) is 30.3 Å². The third kappa shape index (κ3) is 4.02. The molecule has 2 aromatic carbocycles. The Morgan fingerprint density at radius 3 is 2.72 bits per heavy atom. The molecule has 6 heteroatoms. The number of anilines is 1. The van der Waals surface area contributed by atoms with Crippen molar-refractivity contribution in [3.8, 4) is 0 Å². The highest BCUT2D eigenvalue weighted by molar-refractivity contribution is 8.00. The van der Waals surface area contributed by atoms with Gasteiger partial charge in [-0.1, -0.05) is 31.2 Å². The maximum absolute atomic E-state index is 13.6. The monoisotopic (exact) mass is 359 g/mol. The van der Waals surface area contributed by atoms with E-state index in [4.69, 9.17) is 4.74 Å². The van der Waals surface area contributed by atoms with Crippen LogP contribution in [0.3, 0.4) is 0 Å². The van der Waals surface area contributed by atoms with Crippen molar-refractivity contribution >= 4 is 29.3 Å². The van der Waals surface area contributed by atoms with Crippen LogP contribution in [0.15, 0.2) is 53.4 Å². The summed E-state index contributed by atoms with van der Waals surface area (Å²) >= 11 is 1.73. The second-order valence-corrected chi connectivity index (χ2v) is 7.27. The molecule has 4 nitrogen and oxygen atoms in total. The van der Waals surface area contributed by atoms with E-state index in [0.29, 0.717) is 11.8 Å². The molecule has 0 bridgehead atoms. The Balaban J connectivity index is 1.71. The number of amides is 1. The topological polar surface area (TPSA) is 46.6 Å². The van der Waals surface area contributed by atoms with Crippen molar-refractivity contribution in [2.24, 2.45) is 0 Å². The quantitative estimate of drug-likeness (QED) is 0.780. The molecule has 0 aliphatic carbocycles. The zero-order valence-corrected chi connectivity index (χ0v) is 14.6. The van der Waals surface area contributed by atoms with Crippen LogP contribution in [0.1, 0.15) is 23.7 Å². The summed E-state index contributed by atoms with van der Waals surface area (Å²) in [5.41, 5.74) is 0.652. The molecule has 1 atom stereocenters. The summed E-state index contributed by atoms with van der Waals surface area (Å²) in [6.45, 7) is 2.26. The SMILES string of the molecule is C[C@H]1CCN(C(=O)COC(=O)c2ccccc2F)c2ccccc2S1. The first kappa shape index (κ1) is 17.5. The van der Waals surface area contributed by atoms with Gasteiger partial charge in [-0.25, -0.2) is 9.18 Å². The predicted octanol–water partition coefficient (Wildman–Crippen LogP) is 3.90. The summed E-state index contributed by atoms with van der Waals surface area (Å²) in [6.07, 6.45) is 0.840. The molecular formula is C19H18FNO3S. The normalized spacial score (nSPS) is 16.7. The summed E-state index contributed by atoms with van der Waals surface area (Å²) in [5, 5.41) is 0.389. The van der Waals surface area contributed by atoms with E-state index in [2.05, 4.69) is 6.92 Å². The molecular weight excluding hydrogens is 341 g/mol. The minimum absolute atomic E-state index is 0.171. The summed E-state index contributed by atoms with van der Waals surface area (Å²) < 4.78 is 18.6. The number of carbonyl (C=O) groups is 2. The van der Waals surface area contributed by atoms with Gasteiger partial charge >= 0.3 is 5.97 Å². The number of hydrogen-bond donors (Lipinski definition) is 0. The first-order valence-corrected chi connectivity index (χ1v) is 8.92. The van der Waals surface area contributed by atoms with E-state index >= 15 is 0 Å². The largest absolute Gasteiger partial charge is 0.452 e. The van der Waals surface area contributed by atoms with Gasteiger partial charge in [-0.2, -0.15) is 0 Å². The Morgan fingerprint density at radius 2 is 1.92 bits per heavy atom. The lowest BCUT2D eigenvalue weighted by atomic mass is 10.2. The Labute approximate surface area is 150 Å². The highest BCUT2D eigenvalue weighted by Gasteiger charge is 2.25. The molecule has 1 amide bonds. The number of fused-ring (bicyclic) bond motifs is 1. The number of esters is 1. The van der Waals surface area contributed by atoms with E-state index in [1.807, 2.05) is 24.3 Å². The molecule has 0 saturated carbocycles. The molecule has 0 spiro atoms. The highest BCUT2D eigenvalue weighted by atomic mass is 32.2. The van der Waals surface area contributed by atoms with Gasteiger partial charge in [-0.15, -0.1) is 11.8 Å². The second kappa shape index (κ2) is 7.70. The third-order valence-corrected chi connectivity index (χ3v) is 5.20. The molecule has 0 radical (unpaired) electrons. The van der Waals surface area contributed by atoms with Gasteiger partial charge in [0.25, 0.3) is 5.91 Å². The second-order valence-electron chi connectivity index (χ2n) is 5.79. The number of para-hydroxylation sites is 1. The Hall–Kier alpha value is -2.34. The van der Waals surface area contributed by atoms with Gasteiger partial charge in [0.15, 0.2) is 6.61 Å². The van der Waals surface area contributed by atoms with Gasteiger partial charge in [0.05, 0.1) is 11.3 Å². The average molecular weight is 359 g/mol. The van der Waals surface area contributed by atoms with Gasteiger partial charge in [0, 0.05) is 16.7 Å². The van der Waals surface area contributed by atoms with E-state index in [0.717, 1.165) is 17.0 Å². The maximum Gasteiger partial charge on any atom is 0.341 e. The van der Waals surface area contributed by atoms with Gasteiger partial charge < -0.3 is 9.64 Å². The van der Waals surface area contributed by atoms with E-state index in [1.165, 1.54) is 18.2 Å². The van der Waals surface area contributed by atoms with Crippen molar-refractivity contribution in [2.45, 2.75) is 23.5 Å². The van der Waals surface area contributed by atoms with Gasteiger partial charge in [0.2, 0.25) is 0 Å². The molecule has 0 unspecified atom stereocenters. The first-order chi connectivity index (χ1) is 12.1. The van der Waals surface area contributed by atoms with Crippen molar-refractivity contribution < 1.29 is 18.7 Å². The molecule has 25 heavy (non-hydrogen) atoms. The maximum atomic E-state index is 13.6. The van der Waals surface area contributed by atoms with Gasteiger partial charge in [0.1, 0.15) is 5.82 Å². The Morgan fingerprint density at radius 1 is 1.20 bits per heavy atom. The van der Waals surface area contributed by atoms with Crippen LogP contribution in [0.5, 0.6) is 0 Å². The first-order valence-electron chi connectivity index (χ1n) is 8.04. The van der Waals surface area contributed by atoms with Crippen molar-refractivity contribution in [2.75, 3.05) is 18.1 Å². The molecule has 2 aromatic rings. The van der Waals surface area contributed by atoms with Crippen molar-refractivity contribution in [1.29, 1.82) is 0 Å². The molecule has 1 heterocycles. The van der Waals surface area contributed by atoms with Gasteiger partial charge in [-0.05, 0) is 30.7 Å². The van der Waals surface area contributed by atoms with Crippen LogP contribution >= 0.6 is 11.8 Å². The van der Waals surface area contributed by atoms with Crippen LogP contribution in [0, 0.1) is 5.82 Å². The summed E-state index contributed by atoms with van der Waals surface area (Å²) in [7, 11) is 0. The number of hydrogen-bond acceptors (Lipinski definition) is 4. The zero-order chi connectivity index (χ0) is 17.8. The number of carbonyl (C=O) groups excluding carboxylic acids is 2. The van der Waals surface area contributed by atoms with Crippen molar-refractivity contribution in [3.05, 3.63) is 59.9 Å². The van der Waals surface area contributed by atoms with Crippen LogP contribution in [0.4, 0.5) is 10.1 Å². The number of halogens is 1. The molecule has 1 aliphatic heterocycles. The molecule has 0 fully saturated rings. The lowest BCUT2D eigenvalue weighted by molar-refractivity contribution is -0.121. The Bertz CT molecular complexity index is 796. The van der Waals surface area contributed by atoms with E-state index in [1.54, 1.807) is 22.7 Å². The number of benzene rings is 2. The summed E-state index contributed by atoms with van der Waals surface area (Å²) in [6, 6.07) is 13.2. The van der Waals surface area contributed by atoms with Crippen molar-refractivity contribution in [3.63, 3.8) is 0 Å². The van der Waals surface area contributed by atoms with E-state index in [9.17, 15) is 14.0 Å². The Kier molecular flexibility index (Phi) is 5.38. The third-order valence-electron chi connectivity index (χ3n) is 3.96. The highest BCUT2D eigenvalue weighted by Crippen LogP contribution is 2.37. The fraction of sp³-hybridized carbons (Fsp3) is 0.263. The van der Waals surface area contributed by atoms with Crippen LogP contribution < -0.4 is 4.90 Å². The van der Waals surface area contributed by atoms with Crippen LogP contribution in [-0.2, 0) is 9.53 Å². The molecule has 0 N–H and O–H groups in total. The average Bonchev–Trinajstić information content (AvgIpc) is 2.78. The molecule has 1 aliphatic rings. The minimum Gasteiger partial charge on any atom is -0.452 e. The summed E-state index contributed by atoms with van der Waals surface area (Å²) in [5.74, 6) is -1.81. The number of nitrogens with zero attached hydrogens (tertiary/aromatic N) is 1.